The lowest BCUT2D eigenvalue weighted by Crippen LogP contribution is -2.39. The van der Waals surface area contributed by atoms with E-state index >= 15 is 0 Å². The van der Waals surface area contributed by atoms with Crippen molar-refractivity contribution in [3.05, 3.63) is 48.0 Å². The zero-order chi connectivity index (χ0) is 15.5. The molecule has 1 fully saturated rings. The van der Waals surface area contributed by atoms with E-state index in [2.05, 4.69) is 17.4 Å². The first-order valence-electron chi connectivity index (χ1n) is 6.45. The van der Waals surface area contributed by atoms with E-state index in [1.807, 2.05) is 0 Å². The van der Waals surface area contributed by atoms with Gasteiger partial charge in [0.1, 0.15) is 5.25 Å². The molecule has 2 rings (SSSR count). The predicted octanol–water partition coefficient (Wildman–Crippen LogP) is 0.950. The minimum Gasteiger partial charge on any atom is -0.297 e. The standard InChI is InChI=1S/C14H17N3O3S/c1-3-7-16-21(18,19)13-10-20-17(2)14(13)12-6-4-5-11(8-12)9-15/h3-6,8,13-14,16H,1,7,10H2,2H3. The van der Waals surface area contributed by atoms with Gasteiger partial charge in [-0.2, -0.15) is 10.3 Å². The highest BCUT2D eigenvalue weighted by molar-refractivity contribution is 7.90. The molecule has 2 atom stereocenters. The van der Waals surface area contributed by atoms with Gasteiger partial charge in [0.15, 0.2) is 0 Å². The lowest BCUT2D eigenvalue weighted by atomic mass is 10.0. The third-order valence-electron chi connectivity index (χ3n) is 3.37. The van der Waals surface area contributed by atoms with Gasteiger partial charge in [-0.1, -0.05) is 18.2 Å². The molecular weight excluding hydrogens is 290 g/mol. The first kappa shape index (κ1) is 15.7. The molecular formula is C14H17N3O3S. The summed E-state index contributed by atoms with van der Waals surface area (Å²) < 4.78 is 27.2. The van der Waals surface area contributed by atoms with Crippen molar-refractivity contribution in [3.8, 4) is 6.07 Å². The van der Waals surface area contributed by atoms with Crippen LogP contribution in [0.4, 0.5) is 0 Å². The van der Waals surface area contributed by atoms with E-state index in [-0.39, 0.29) is 13.2 Å². The monoisotopic (exact) mass is 307 g/mol. The minimum absolute atomic E-state index is 0.0738. The molecule has 0 amide bonds. The number of hydrogen-bond acceptors (Lipinski definition) is 5. The first-order chi connectivity index (χ1) is 9.99. The quantitative estimate of drug-likeness (QED) is 0.819. The molecule has 0 spiro atoms. The Hall–Kier alpha value is -1.72. The van der Waals surface area contributed by atoms with Crippen LogP contribution in [-0.2, 0) is 14.9 Å². The number of rotatable bonds is 5. The van der Waals surface area contributed by atoms with Crippen LogP contribution in [0.25, 0.3) is 0 Å². The molecule has 0 aliphatic carbocycles. The Morgan fingerprint density at radius 1 is 1.62 bits per heavy atom. The average Bonchev–Trinajstić information content (AvgIpc) is 2.88. The number of nitriles is 1. The van der Waals surface area contributed by atoms with Crippen LogP contribution < -0.4 is 4.72 Å². The Balaban J connectivity index is 2.35. The molecule has 112 valence electrons. The second-order valence-corrected chi connectivity index (χ2v) is 6.73. The number of hydrogen-bond donors (Lipinski definition) is 1. The van der Waals surface area contributed by atoms with Crippen molar-refractivity contribution in [1.82, 2.24) is 9.79 Å². The molecule has 1 aromatic rings. The van der Waals surface area contributed by atoms with Crippen LogP contribution in [0.5, 0.6) is 0 Å². The Kier molecular flexibility index (Phi) is 4.75. The fraction of sp³-hybridized carbons (Fsp3) is 0.357. The smallest absolute Gasteiger partial charge is 0.219 e. The average molecular weight is 307 g/mol. The maximum atomic E-state index is 12.3. The van der Waals surface area contributed by atoms with E-state index in [0.717, 1.165) is 5.56 Å². The van der Waals surface area contributed by atoms with E-state index < -0.39 is 21.3 Å². The molecule has 0 aromatic heterocycles. The molecule has 2 unspecified atom stereocenters. The minimum atomic E-state index is -3.54. The van der Waals surface area contributed by atoms with Crippen LogP contribution in [0.15, 0.2) is 36.9 Å². The second kappa shape index (κ2) is 6.37. The van der Waals surface area contributed by atoms with Crippen LogP contribution in [0, 0.1) is 11.3 Å². The largest absolute Gasteiger partial charge is 0.297 e. The van der Waals surface area contributed by atoms with Crippen LogP contribution in [0.2, 0.25) is 0 Å². The second-order valence-electron chi connectivity index (χ2n) is 4.74. The normalized spacial score (nSPS) is 22.9. The molecule has 0 bridgehead atoms. The van der Waals surface area contributed by atoms with Crippen molar-refractivity contribution in [3.63, 3.8) is 0 Å². The molecule has 0 radical (unpaired) electrons. The van der Waals surface area contributed by atoms with Crippen molar-refractivity contribution in [2.24, 2.45) is 0 Å². The SMILES string of the molecule is C=CCNS(=O)(=O)C1CON(C)C1c1cccc(C#N)c1. The zero-order valence-electron chi connectivity index (χ0n) is 11.7. The molecule has 6 nitrogen and oxygen atoms in total. The molecule has 1 heterocycles. The van der Waals surface area contributed by atoms with E-state index in [9.17, 15) is 8.42 Å². The van der Waals surface area contributed by atoms with Gasteiger partial charge in [0.25, 0.3) is 0 Å². The molecule has 7 heteroatoms. The zero-order valence-corrected chi connectivity index (χ0v) is 12.5. The number of sulfonamides is 1. The summed E-state index contributed by atoms with van der Waals surface area (Å²) >= 11 is 0. The van der Waals surface area contributed by atoms with Crippen molar-refractivity contribution in [1.29, 1.82) is 5.26 Å². The van der Waals surface area contributed by atoms with Crippen molar-refractivity contribution in [2.75, 3.05) is 20.2 Å². The van der Waals surface area contributed by atoms with E-state index in [0.29, 0.717) is 5.56 Å². The summed E-state index contributed by atoms with van der Waals surface area (Å²) in [6, 6.07) is 8.50. The molecule has 1 saturated heterocycles. The van der Waals surface area contributed by atoms with Crippen LogP contribution in [0.3, 0.4) is 0 Å². The summed E-state index contributed by atoms with van der Waals surface area (Å²) in [7, 11) is -1.86. The number of nitrogens with zero attached hydrogens (tertiary/aromatic N) is 2. The Morgan fingerprint density at radius 2 is 2.38 bits per heavy atom. The summed E-state index contributed by atoms with van der Waals surface area (Å²) in [5, 5.41) is 9.76. The maximum absolute atomic E-state index is 12.3. The molecule has 1 N–H and O–H groups in total. The Morgan fingerprint density at radius 3 is 3.05 bits per heavy atom. The third-order valence-corrected chi connectivity index (χ3v) is 5.13. The highest BCUT2D eigenvalue weighted by atomic mass is 32.2. The summed E-state index contributed by atoms with van der Waals surface area (Å²) in [5.74, 6) is 0. The lowest BCUT2D eigenvalue weighted by Gasteiger charge is -2.23. The van der Waals surface area contributed by atoms with Gasteiger partial charge in [-0.05, 0) is 17.7 Å². The van der Waals surface area contributed by atoms with Gasteiger partial charge < -0.3 is 0 Å². The fourth-order valence-electron chi connectivity index (χ4n) is 2.35. The third kappa shape index (κ3) is 3.31. The van der Waals surface area contributed by atoms with Gasteiger partial charge in [-0.25, -0.2) is 13.1 Å². The van der Waals surface area contributed by atoms with Crippen molar-refractivity contribution in [2.45, 2.75) is 11.3 Å². The van der Waals surface area contributed by atoms with Gasteiger partial charge in [-0.3, -0.25) is 4.84 Å². The summed E-state index contributed by atoms with van der Waals surface area (Å²) in [4.78, 5) is 5.38. The summed E-state index contributed by atoms with van der Waals surface area (Å²) in [6.07, 6.45) is 1.49. The van der Waals surface area contributed by atoms with E-state index in [1.165, 1.54) is 11.1 Å². The fourth-order valence-corrected chi connectivity index (χ4v) is 3.83. The van der Waals surface area contributed by atoms with Gasteiger partial charge in [0.2, 0.25) is 10.0 Å². The van der Waals surface area contributed by atoms with Crippen molar-refractivity contribution >= 4 is 10.0 Å². The number of hydroxylamine groups is 2. The van der Waals surface area contributed by atoms with Gasteiger partial charge in [0, 0.05) is 13.6 Å². The van der Waals surface area contributed by atoms with Crippen LogP contribution in [0.1, 0.15) is 17.2 Å². The number of benzene rings is 1. The molecule has 1 aliphatic heterocycles. The van der Waals surface area contributed by atoms with Crippen LogP contribution >= 0.6 is 0 Å². The van der Waals surface area contributed by atoms with Gasteiger partial charge in [0.05, 0.1) is 24.3 Å². The van der Waals surface area contributed by atoms with Crippen molar-refractivity contribution < 1.29 is 13.3 Å². The molecule has 1 aliphatic rings. The summed E-state index contributed by atoms with van der Waals surface area (Å²) in [6.45, 7) is 3.75. The summed E-state index contributed by atoms with van der Waals surface area (Å²) in [5.41, 5.74) is 1.23. The van der Waals surface area contributed by atoms with Gasteiger partial charge in [-0.15, -0.1) is 6.58 Å². The first-order valence-corrected chi connectivity index (χ1v) is 7.99. The van der Waals surface area contributed by atoms with Crippen LogP contribution in [-0.4, -0.2) is 38.9 Å². The molecule has 21 heavy (non-hydrogen) atoms. The highest BCUT2D eigenvalue weighted by Crippen LogP contribution is 2.33. The molecule has 0 saturated carbocycles. The maximum Gasteiger partial charge on any atom is 0.219 e. The predicted molar refractivity (Wildman–Crippen MR) is 78.5 cm³/mol. The molecule has 1 aromatic carbocycles. The van der Waals surface area contributed by atoms with E-state index in [1.54, 1.807) is 31.3 Å². The number of nitrogens with one attached hydrogen (secondary N) is 1. The Labute approximate surface area is 124 Å². The topological polar surface area (TPSA) is 82.4 Å². The lowest BCUT2D eigenvalue weighted by molar-refractivity contribution is -0.110. The van der Waals surface area contributed by atoms with E-state index in [4.69, 9.17) is 10.1 Å². The van der Waals surface area contributed by atoms with Gasteiger partial charge >= 0.3 is 0 Å². The Bertz CT molecular complexity index is 666. The highest BCUT2D eigenvalue weighted by Gasteiger charge is 2.42.